The Morgan fingerprint density at radius 1 is 1.39 bits per heavy atom. The highest BCUT2D eigenvalue weighted by Crippen LogP contribution is 2.30. The van der Waals surface area contributed by atoms with E-state index in [4.69, 9.17) is 5.73 Å². The van der Waals surface area contributed by atoms with Crippen LogP contribution >= 0.6 is 0 Å². The van der Waals surface area contributed by atoms with Crippen LogP contribution in [0.3, 0.4) is 0 Å². The number of nitrogens with two attached hydrogens (primary N) is 1. The van der Waals surface area contributed by atoms with Gasteiger partial charge in [0.15, 0.2) is 0 Å². The Bertz CT molecular complexity index is 649. The van der Waals surface area contributed by atoms with Crippen molar-refractivity contribution in [1.82, 2.24) is 4.31 Å². The molecule has 1 aromatic carbocycles. The molecule has 130 valence electrons. The number of alkyl halides is 3. The third-order valence-electron chi connectivity index (χ3n) is 4.06. The minimum Gasteiger partial charge on any atom is -0.406 e. The molecule has 1 aliphatic heterocycles. The molecule has 1 aliphatic rings. The molecule has 1 heterocycles. The average molecular weight is 352 g/mol. The maximum atomic E-state index is 12.6. The van der Waals surface area contributed by atoms with Gasteiger partial charge in [-0.3, -0.25) is 0 Å². The van der Waals surface area contributed by atoms with Gasteiger partial charge in [0.2, 0.25) is 10.0 Å². The molecule has 23 heavy (non-hydrogen) atoms. The van der Waals surface area contributed by atoms with Gasteiger partial charge in [-0.25, -0.2) is 8.42 Å². The quantitative estimate of drug-likeness (QED) is 0.902. The van der Waals surface area contributed by atoms with Crippen molar-refractivity contribution >= 4 is 10.0 Å². The van der Waals surface area contributed by atoms with Crippen LogP contribution in [0.1, 0.15) is 13.3 Å². The number of piperidine rings is 1. The van der Waals surface area contributed by atoms with E-state index in [0.29, 0.717) is 25.4 Å². The van der Waals surface area contributed by atoms with Gasteiger partial charge in [0.1, 0.15) is 5.75 Å². The Morgan fingerprint density at radius 3 is 2.70 bits per heavy atom. The Morgan fingerprint density at radius 2 is 2.09 bits per heavy atom. The number of rotatable bonds is 4. The third kappa shape index (κ3) is 4.36. The highest BCUT2D eigenvalue weighted by molar-refractivity contribution is 7.89. The third-order valence-corrected chi connectivity index (χ3v) is 5.92. The van der Waals surface area contributed by atoms with E-state index in [1.165, 1.54) is 16.4 Å². The zero-order valence-electron chi connectivity index (χ0n) is 12.6. The monoisotopic (exact) mass is 352 g/mol. The van der Waals surface area contributed by atoms with Gasteiger partial charge >= 0.3 is 6.36 Å². The lowest BCUT2D eigenvalue weighted by Crippen LogP contribution is -2.45. The molecule has 0 aliphatic carbocycles. The first-order valence-corrected chi connectivity index (χ1v) is 8.63. The lowest BCUT2D eigenvalue weighted by Gasteiger charge is -2.35. The number of hydrogen-bond acceptors (Lipinski definition) is 4. The predicted octanol–water partition coefficient (Wildman–Crippen LogP) is 2.19. The molecule has 5 nitrogen and oxygen atoms in total. The number of sulfonamides is 1. The molecule has 0 radical (unpaired) electrons. The molecule has 0 saturated carbocycles. The first kappa shape index (κ1) is 18.0. The number of benzene rings is 1. The van der Waals surface area contributed by atoms with Gasteiger partial charge in [-0.2, -0.15) is 4.31 Å². The van der Waals surface area contributed by atoms with Crippen molar-refractivity contribution in [3.63, 3.8) is 0 Å². The SMILES string of the molecule is CC1CCN(S(=O)(=O)c2cccc(OC(F)(F)F)c2)CC1CN. The van der Waals surface area contributed by atoms with Crippen LogP contribution < -0.4 is 10.5 Å². The zero-order valence-corrected chi connectivity index (χ0v) is 13.4. The second-order valence-electron chi connectivity index (χ2n) is 5.65. The van der Waals surface area contributed by atoms with Crippen LogP contribution in [0.4, 0.5) is 13.2 Å². The lowest BCUT2D eigenvalue weighted by atomic mass is 9.88. The molecule has 9 heteroatoms. The van der Waals surface area contributed by atoms with Crippen molar-refractivity contribution in [2.75, 3.05) is 19.6 Å². The maximum absolute atomic E-state index is 12.6. The molecule has 0 amide bonds. The van der Waals surface area contributed by atoms with Crippen LogP contribution in [-0.2, 0) is 10.0 Å². The smallest absolute Gasteiger partial charge is 0.406 e. The molecular weight excluding hydrogens is 333 g/mol. The number of ether oxygens (including phenoxy) is 1. The van der Waals surface area contributed by atoms with Crippen molar-refractivity contribution in [2.24, 2.45) is 17.6 Å². The molecule has 0 aromatic heterocycles. The van der Waals surface area contributed by atoms with Crippen LogP contribution in [0, 0.1) is 11.8 Å². The van der Waals surface area contributed by atoms with E-state index in [1.807, 2.05) is 6.92 Å². The number of hydrogen-bond donors (Lipinski definition) is 1. The molecule has 1 saturated heterocycles. The van der Waals surface area contributed by atoms with E-state index >= 15 is 0 Å². The fourth-order valence-electron chi connectivity index (χ4n) is 2.62. The van der Waals surface area contributed by atoms with Crippen LogP contribution in [0.15, 0.2) is 29.2 Å². The van der Waals surface area contributed by atoms with Crippen molar-refractivity contribution in [2.45, 2.75) is 24.6 Å². The second-order valence-corrected chi connectivity index (χ2v) is 7.59. The van der Waals surface area contributed by atoms with Crippen LogP contribution in [0.2, 0.25) is 0 Å². The molecule has 1 fully saturated rings. The van der Waals surface area contributed by atoms with E-state index < -0.39 is 22.1 Å². The van der Waals surface area contributed by atoms with Crippen molar-refractivity contribution < 1.29 is 26.3 Å². The van der Waals surface area contributed by atoms with E-state index in [0.717, 1.165) is 12.1 Å². The van der Waals surface area contributed by atoms with E-state index in [1.54, 1.807) is 0 Å². The van der Waals surface area contributed by atoms with Crippen molar-refractivity contribution in [3.8, 4) is 5.75 Å². The Kier molecular flexibility index (Phi) is 5.22. The van der Waals surface area contributed by atoms with Crippen LogP contribution in [-0.4, -0.2) is 38.7 Å². The summed E-state index contributed by atoms with van der Waals surface area (Å²) in [5.74, 6) is -0.209. The topological polar surface area (TPSA) is 72.6 Å². The summed E-state index contributed by atoms with van der Waals surface area (Å²) in [5, 5.41) is 0. The summed E-state index contributed by atoms with van der Waals surface area (Å²) in [6, 6.07) is 4.43. The number of halogens is 3. The van der Waals surface area contributed by atoms with Crippen LogP contribution in [0.25, 0.3) is 0 Å². The summed E-state index contributed by atoms with van der Waals surface area (Å²) >= 11 is 0. The molecule has 0 spiro atoms. The Labute approximate surface area is 133 Å². The van der Waals surface area contributed by atoms with E-state index in [9.17, 15) is 21.6 Å². The molecule has 0 bridgehead atoms. The lowest BCUT2D eigenvalue weighted by molar-refractivity contribution is -0.274. The van der Waals surface area contributed by atoms with Crippen LogP contribution in [0.5, 0.6) is 5.75 Å². The minimum absolute atomic E-state index is 0.0353. The average Bonchev–Trinajstić information content (AvgIpc) is 2.46. The molecule has 2 atom stereocenters. The normalized spacial score (nSPS) is 23.7. The van der Waals surface area contributed by atoms with Crippen molar-refractivity contribution in [1.29, 1.82) is 0 Å². The predicted molar refractivity (Wildman–Crippen MR) is 78.2 cm³/mol. The van der Waals surface area contributed by atoms with Gasteiger partial charge in [0.25, 0.3) is 0 Å². The first-order chi connectivity index (χ1) is 10.6. The van der Waals surface area contributed by atoms with Gasteiger partial charge in [-0.15, -0.1) is 13.2 Å². The molecule has 1 aromatic rings. The molecule has 2 rings (SSSR count). The second kappa shape index (κ2) is 6.66. The summed E-state index contributed by atoms with van der Waals surface area (Å²) in [6.07, 6.45) is -4.20. The summed E-state index contributed by atoms with van der Waals surface area (Å²) in [6.45, 7) is 2.97. The fraction of sp³-hybridized carbons (Fsp3) is 0.571. The standard InChI is InChI=1S/C14H19F3N2O3S/c1-10-5-6-19(9-11(10)8-18)23(20,21)13-4-2-3-12(7-13)22-14(15,16)17/h2-4,7,10-11H,5-6,8-9,18H2,1H3. The van der Waals surface area contributed by atoms with Crippen molar-refractivity contribution in [3.05, 3.63) is 24.3 Å². The molecule has 2 unspecified atom stereocenters. The van der Waals surface area contributed by atoms with E-state index in [-0.39, 0.29) is 17.4 Å². The fourth-order valence-corrected chi connectivity index (χ4v) is 4.17. The van der Waals surface area contributed by atoms with Gasteiger partial charge in [-0.1, -0.05) is 13.0 Å². The summed E-state index contributed by atoms with van der Waals surface area (Å²) in [5.41, 5.74) is 5.66. The zero-order chi connectivity index (χ0) is 17.3. The summed E-state index contributed by atoms with van der Waals surface area (Å²) in [7, 11) is -3.88. The number of nitrogens with zero attached hydrogens (tertiary/aromatic N) is 1. The highest BCUT2D eigenvalue weighted by Gasteiger charge is 2.34. The Balaban J connectivity index is 2.24. The highest BCUT2D eigenvalue weighted by atomic mass is 32.2. The Hall–Kier alpha value is -1.32. The minimum atomic E-state index is -4.87. The molecule has 2 N–H and O–H groups in total. The summed E-state index contributed by atoms with van der Waals surface area (Å²) in [4.78, 5) is -0.218. The summed E-state index contributed by atoms with van der Waals surface area (Å²) < 4.78 is 67.1. The van der Waals surface area contributed by atoms with Gasteiger partial charge in [-0.05, 0) is 36.9 Å². The molecular formula is C14H19F3N2O3S. The van der Waals surface area contributed by atoms with Gasteiger partial charge in [0.05, 0.1) is 4.90 Å². The first-order valence-electron chi connectivity index (χ1n) is 7.19. The maximum Gasteiger partial charge on any atom is 0.573 e. The van der Waals surface area contributed by atoms with Gasteiger partial charge in [0, 0.05) is 19.2 Å². The largest absolute Gasteiger partial charge is 0.573 e. The van der Waals surface area contributed by atoms with E-state index in [2.05, 4.69) is 4.74 Å². The van der Waals surface area contributed by atoms with Gasteiger partial charge < -0.3 is 10.5 Å².